The maximum Gasteiger partial charge on any atom is 0.336 e. The van der Waals surface area contributed by atoms with Crippen molar-refractivity contribution in [3.63, 3.8) is 0 Å². The van der Waals surface area contributed by atoms with Crippen molar-refractivity contribution in [2.45, 2.75) is 45.8 Å². The average Bonchev–Trinajstić information content (AvgIpc) is 2.51. The highest BCUT2D eigenvalue weighted by molar-refractivity contribution is 5.85. The van der Waals surface area contributed by atoms with Gasteiger partial charge >= 0.3 is 5.63 Å². The molecule has 0 aliphatic carbocycles. The molecular formula is C19H23O4. The van der Waals surface area contributed by atoms with Crippen molar-refractivity contribution >= 4 is 11.0 Å². The first-order valence-electron chi connectivity index (χ1n) is 8.22. The average molecular weight is 315 g/mol. The molecule has 3 rings (SSSR count). The van der Waals surface area contributed by atoms with Gasteiger partial charge in [0.1, 0.15) is 11.3 Å². The summed E-state index contributed by atoms with van der Waals surface area (Å²) in [4.78, 5) is 11.9. The first-order valence-corrected chi connectivity index (χ1v) is 8.22. The predicted molar refractivity (Wildman–Crippen MR) is 89.7 cm³/mol. The van der Waals surface area contributed by atoms with Crippen LogP contribution in [0.15, 0.2) is 27.4 Å². The maximum absolute atomic E-state index is 11.9. The molecule has 2 atom stereocenters. The van der Waals surface area contributed by atoms with Gasteiger partial charge in [0.2, 0.25) is 0 Å². The van der Waals surface area contributed by atoms with Crippen LogP contribution in [0.1, 0.15) is 37.3 Å². The molecule has 0 saturated carbocycles. The van der Waals surface area contributed by atoms with Crippen LogP contribution in [0.3, 0.4) is 0 Å². The second-order valence-corrected chi connectivity index (χ2v) is 6.38. The van der Waals surface area contributed by atoms with Gasteiger partial charge in [-0.15, -0.1) is 0 Å². The molecule has 1 fully saturated rings. The molecule has 4 nitrogen and oxygen atoms in total. The first kappa shape index (κ1) is 16.1. The van der Waals surface area contributed by atoms with Gasteiger partial charge < -0.3 is 13.9 Å². The minimum atomic E-state index is -0.331. The van der Waals surface area contributed by atoms with Gasteiger partial charge in [-0.1, -0.05) is 13.8 Å². The SMILES string of the molecule is [CH2]C(C)Cc1cc(=O)oc2c(C)c(OC3CCCCO3)ccc12. The van der Waals surface area contributed by atoms with Crippen LogP contribution in [0.4, 0.5) is 0 Å². The summed E-state index contributed by atoms with van der Waals surface area (Å²) in [6, 6.07) is 5.46. The van der Waals surface area contributed by atoms with Crippen molar-refractivity contribution in [2.24, 2.45) is 5.92 Å². The van der Waals surface area contributed by atoms with E-state index in [1.165, 1.54) is 0 Å². The molecule has 1 aliphatic rings. The number of ether oxygens (including phenoxy) is 2. The standard InChI is InChI=1S/C19H23O4/c1-12(2)10-14-11-17(20)23-19-13(3)16(8-7-15(14)19)22-18-6-4-5-9-21-18/h7-8,11-12,18H,1,4-6,9-10H2,2-3H3. The molecule has 0 spiro atoms. The van der Waals surface area contributed by atoms with Crippen molar-refractivity contribution in [2.75, 3.05) is 6.61 Å². The highest BCUT2D eigenvalue weighted by atomic mass is 16.7. The topological polar surface area (TPSA) is 48.7 Å². The van der Waals surface area contributed by atoms with Gasteiger partial charge in [-0.3, -0.25) is 0 Å². The van der Waals surface area contributed by atoms with Gasteiger partial charge in [-0.25, -0.2) is 4.79 Å². The fourth-order valence-corrected chi connectivity index (χ4v) is 3.03. The summed E-state index contributed by atoms with van der Waals surface area (Å²) in [5.41, 5.74) is 2.08. The third kappa shape index (κ3) is 3.58. The Balaban J connectivity index is 1.99. The number of fused-ring (bicyclic) bond motifs is 1. The Morgan fingerprint density at radius 2 is 2.22 bits per heavy atom. The third-order valence-corrected chi connectivity index (χ3v) is 4.16. The lowest BCUT2D eigenvalue weighted by atomic mass is 9.98. The van der Waals surface area contributed by atoms with Crippen LogP contribution in [0, 0.1) is 19.8 Å². The number of aryl methyl sites for hydroxylation is 1. The summed E-state index contributed by atoms with van der Waals surface area (Å²) in [6.07, 6.45) is 3.61. The molecule has 2 aromatic rings. The normalized spacial score (nSPS) is 18.5. The summed E-state index contributed by atoms with van der Waals surface area (Å²) in [7, 11) is 0. The summed E-state index contributed by atoms with van der Waals surface area (Å²) >= 11 is 0. The van der Waals surface area contributed by atoms with Crippen molar-refractivity contribution in [3.05, 3.63) is 46.7 Å². The Bertz CT molecular complexity index is 739. The van der Waals surface area contributed by atoms with Gasteiger partial charge in [0.15, 0.2) is 6.29 Å². The van der Waals surface area contributed by atoms with Crippen LogP contribution in [0.25, 0.3) is 11.0 Å². The van der Waals surface area contributed by atoms with E-state index in [2.05, 4.69) is 6.92 Å². The van der Waals surface area contributed by atoms with E-state index in [1.54, 1.807) is 6.07 Å². The Kier molecular flexibility index (Phi) is 4.71. The van der Waals surface area contributed by atoms with E-state index in [0.29, 0.717) is 11.3 Å². The monoisotopic (exact) mass is 315 g/mol. The van der Waals surface area contributed by atoms with Crippen molar-refractivity contribution in [1.82, 2.24) is 0 Å². The molecule has 1 aromatic heterocycles. The summed E-state index contributed by atoms with van der Waals surface area (Å²) in [5, 5.41) is 0.953. The maximum atomic E-state index is 11.9. The Labute approximate surface area is 136 Å². The molecular weight excluding hydrogens is 292 g/mol. The van der Waals surface area contributed by atoms with E-state index in [0.717, 1.165) is 48.8 Å². The fraction of sp³-hybridized carbons (Fsp3) is 0.474. The minimum Gasteiger partial charge on any atom is -0.465 e. The lowest BCUT2D eigenvalue weighted by molar-refractivity contribution is -0.106. The van der Waals surface area contributed by atoms with Crippen LogP contribution < -0.4 is 10.4 Å². The molecule has 0 bridgehead atoms. The Hall–Kier alpha value is -1.81. The largest absolute Gasteiger partial charge is 0.465 e. The molecule has 23 heavy (non-hydrogen) atoms. The third-order valence-electron chi connectivity index (χ3n) is 4.16. The zero-order chi connectivity index (χ0) is 16.4. The number of hydrogen-bond acceptors (Lipinski definition) is 4. The molecule has 0 N–H and O–H groups in total. The van der Waals surface area contributed by atoms with E-state index in [4.69, 9.17) is 13.9 Å². The van der Waals surface area contributed by atoms with E-state index < -0.39 is 0 Å². The van der Waals surface area contributed by atoms with Gasteiger partial charge in [-0.2, -0.15) is 0 Å². The molecule has 1 aliphatic heterocycles. The highest BCUT2D eigenvalue weighted by Gasteiger charge is 2.18. The smallest absolute Gasteiger partial charge is 0.336 e. The van der Waals surface area contributed by atoms with Gasteiger partial charge in [0.25, 0.3) is 0 Å². The molecule has 2 heterocycles. The van der Waals surface area contributed by atoms with Crippen LogP contribution in [-0.2, 0) is 11.2 Å². The lowest BCUT2D eigenvalue weighted by Crippen LogP contribution is -2.25. The van der Waals surface area contributed by atoms with Crippen molar-refractivity contribution in [1.29, 1.82) is 0 Å². The van der Waals surface area contributed by atoms with E-state index in [9.17, 15) is 4.79 Å². The number of hydrogen-bond donors (Lipinski definition) is 0. The fourth-order valence-electron chi connectivity index (χ4n) is 3.03. The van der Waals surface area contributed by atoms with Crippen LogP contribution >= 0.6 is 0 Å². The van der Waals surface area contributed by atoms with Gasteiger partial charge in [0, 0.05) is 23.4 Å². The van der Waals surface area contributed by atoms with E-state index in [1.807, 2.05) is 26.0 Å². The zero-order valence-corrected chi connectivity index (χ0v) is 13.8. The number of benzene rings is 1. The number of rotatable bonds is 4. The molecule has 123 valence electrons. The Morgan fingerprint density at radius 1 is 1.39 bits per heavy atom. The summed E-state index contributed by atoms with van der Waals surface area (Å²) in [6.45, 7) is 8.70. The Morgan fingerprint density at radius 3 is 2.91 bits per heavy atom. The molecule has 0 amide bonds. The van der Waals surface area contributed by atoms with Crippen LogP contribution in [0.2, 0.25) is 0 Å². The summed E-state index contributed by atoms with van der Waals surface area (Å²) in [5.74, 6) is 0.944. The van der Waals surface area contributed by atoms with Gasteiger partial charge in [-0.05, 0) is 49.8 Å². The molecule has 1 radical (unpaired) electrons. The van der Waals surface area contributed by atoms with Gasteiger partial charge in [0.05, 0.1) is 6.61 Å². The van der Waals surface area contributed by atoms with Crippen LogP contribution in [-0.4, -0.2) is 12.9 Å². The van der Waals surface area contributed by atoms with Crippen LogP contribution in [0.5, 0.6) is 5.75 Å². The van der Waals surface area contributed by atoms with E-state index in [-0.39, 0.29) is 17.8 Å². The molecule has 2 unspecified atom stereocenters. The van der Waals surface area contributed by atoms with Crippen molar-refractivity contribution in [3.8, 4) is 5.75 Å². The quantitative estimate of drug-likeness (QED) is 0.800. The first-order chi connectivity index (χ1) is 11.0. The highest BCUT2D eigenvalue weighted by Crippen LogP contribution is 2.31. The second-order valence-electron chi connectivity index (χ2n) is 6.38. The summed E-state index contributed by atoms with van der Waals surface area (Å²) < 4.78 is 17.0. The second kappa shape index (κ2) is 6.75. The van der Waals surface area contributed by atoms with E-state index >= 15 is 0 Å². The molecule has 4 heteroatoms. The van der Waals surface area contributed by atoms with Crippen molar-refractivity contribution < 1.29 is 13.9 Å². The predicted octanol–water partition coefficient (Wildman–Crippen LogP) is 4.02. The minimum absolute atomic E-state index is 0.213. The zero-order valence-electron chi connectivity index (χ0n) is 13.8. The molecule has 1 saturated heterocycles. The lowest BCUT2D eigenvalue weighted by Gasteiger charge is -2.24. The molecule has 1 aromatic carbocycles.